The molecule has 1 saturated heterocycles. The van der Waals surface area contributed by atoms with Gasteiger partial charge in [-0.3, -0.25) is 14.4 Å². The summed E-state index contributed by atoms with van der Waals surface area (Å²) in [5.41, 5.74) is 2.42. The SMILES string of the molecule is Cc1cccc(C)c1NC(=O)C(C(C)C)N1CCC2(C=CC(=O)C=C2)CC1=O. The number of hydrogen-bond acceptors (Lipinski definition) is 3. The minimum atomic E-state index is -0.526. The summed E-state index contributed by atoms with van der Waals surface area (Å²) in [6.07, 6.45) is 7.75. The number of ketones is 1. The van der Waals surface area contributed by atoms with Crippen molar-refractivity contribution in [2.24, 2.45) is 11.3 Å². The van der Waals surface area contributed by atoms with Crippen molar-refractivity contribution in [3.05, 3.63) is 53.6 Å². The predicted molar refractivity (Wildman–Crippen MR) is 110 cm³/mol. The number of nitrogens with one attached hydrogen (secondary N) is 1. The van der Waals surface area contributed by atoms with Crippen LogP contribution in [-0.2, 0) is 14.4 Å². The van der Waals surface area contributed by atoms with Gasteiger partial charge in [0.05, 0.1) is 0 Å². The van der Waals surface area contributed by atoms with Crippen LogP contribution in [0.1, 0.15) is 37.8 Å². The van der Waals surface area contributed by atoms with Crippen LogP contribution in [0.2, 0.25) is 0 Å². The summed E-state index contributed by atoms with van der Waals surface area (Å²) >= 11 is 0. The summed E-state index contributed by atoms with van der Waals surface area (Å²) in [4.78, 5) is 39.2. The highest BCUT2D eigenvalue weighted by Crippen LogP contribution is 2.38. The molecule has 1 aromatic rings. The van der Waals surface area contributed by atoms with Crippen LogP contribution >= 0.6 is 0 Å². The van der Waals surface area contributed by atoms with Gasteiger partial charge in [-0.1, -0.05) is 44.2 Å². The van der Waals surface area contributed by atoms with E-state index in [1.807, 2.05) is 58.0 Å². The number of anilines is 1. The Labute approximate surface area is 166 Å². The Morgan fingerprint density at radius 1 is 1.11 bits per heavy atom. The van der Waals surface area contributed by atoms with Crippen molar-refractivity contribution < 1.29 is 14.4 Å². The Morgan fingerprint density at radius 3 is 2.25 bits per heavy atom. The summed E-state index contributed by atoms with van der Waals surface area (Å²) < 4.78 is 0. The zero-order valence-electron chi connectivity index (χ0n) is 17.0. The molecular formula is C23H28N2O3. The molecule has 0 saturated carbocycles. The maximum atomic E-state index is 13.1. The van der Waals surface area contributed by atoms with Crippen molar-refractivity contribution in [2.75, 3.05) is 11.9 Å². The lowest BCUT2D eigenvalue weighted by Crippen LogP contribution is -2.54. The molecule has 0 radical (unpaired) electrons. The van der Waals surface area contributed by atoms with Crippen LogP contribution in [0, 0.1) is 25.2 Å². The van der Waals surface area contributed by atoms with Crippen molar-refractivity contribution in [3.63, 3.8) is 0 Å². The highest BCUT2D eigenvalue weighted by Gasteiger charge is 2.41. The van der Waals surface area contributed by atoms with E-state index in [-0.39, 0.29) is 29.9 Å². The zero-order chi connectivity index (χ0) is 20.5. The number of carbonyl (C=O) groups excluding carboxylic acids is 3. The quantitative estimate of drug-likeness (QED) is 0.868. The van der Waals surface area contributed by atoms with Gasteiger partial charge in [0.1, 0.15) is 6.04 Å². The molecule has 1 fully saturated rings. The average molecular weight is 380 g/mol. The first-order valence-electron chi connectivity index (χ1n) is 9.81. The van der Waals surface area contributed by atoms with Crippen molar-refractivity contribution in [3.8, 4) is 0 Å². The van der Waals surface area contributed by atoms with E-state index in [2.05, 4.69) is 5.32 Å². The van der Waals surface area contributed by atoms with E-state index in [0.717, 1.165) is 16.8 Å². The summed E-state index contributed by atoms with van der Waals surface area (Å²) in [7, 11) is 0. The van der Waals surface area contributed by atoms with Crippen molar-refractivity contribution in [2.45, 2.75) is 46.6 Å². The van der Waals surface area contributed by atoms with E-state index in [0.29, 0.717) is 13.0 Å². The fourth-order valence-electron chi connectivity index (χ4n) is 4.12. The molecule has 1 aliphatic carbocycles. The van der Waals surface area contributed by atoms with E-state index < -0.39 is 11.5 Å². The highest BCUT2D eigenvalue weighted by molar-refractivity contribution is 6.01. The minimum Gasteiger partial charge on any atom is -0.330 e. The molecule has 1 heterocycles. The highest BCUT2D eigenvalue weighted by atomic mass is 16.2. The van der Waals surface area contributed by atoms with Crippen LogP contribution in [-0.4, -0.2) is 35.1 Å². The summed E-state index contributed by atoms with van der Waals surface area (Å²) in [6.45, 7) is 8.35. The van der Waals surface area contributed by atoms with Crippen LogP contribution in [0.5, 0.6) is 0 Å². The first-order valence-corrected chi connectivity index (χ1v) is 9.81. The molecule has 1 unspecified atom stereocenters. The van der Waals surface area contributed by atoms with Gasteiger partial charge >= 0.3 is 0 Å². The molecule has 0 aromatic heterocycles. The number of aryl methyl sites for hydroxylation is 2. The molecule has 1 N–H and O–H groups in total. The molecule has 3 rings (SSSR count). The van der Waals surface area contributed by atoms with Gasteiger partial charge in [-0.25, -0.2) is 0 Å². The van der Waals surface area contributed by atoms with Crippen molar-refractivity contribution >= 4 is 23.3 Å². The predicted octanol–water partition coefficient (Wildman–Crippen LogP) is 3.57. The number of carbonyl (C=O) groups is 3. The number of amides is 2. The van der Waals surface area contributed by atoms with Gasteiger partial charge in [0.2, 0.25) is 11.8 Å². The second kappa shape index (κ2) is 7.74. The zero-order valence-corrected chi connectivity index (χ0v) is 17.0. The molecule has 5 heteroatoms. The van der Waals surface area contributed by atoms with E-state index in [9.17, 15) is 14.4 Å². The number of rotatable bonds is 4. The number of allylic oxidation sites excluding steroid dienone is 4. The van der Waals surface area contributed by atoms with E-state index >= 15 is 0 Å². The minimum absolute atomic E-state index is 0.0126. The topological polar surface area (TPSA) is 66.5 Å². The standard InChI is InChI=1S/C23H28N2O3/c1-15(2)21(22(28)24-20-16(3)6-5-7-17(20)4)25-13-12-23(14-19(25)27)10-8-18(26)9-11-23/h5-11,15,21H,12-14H2,1-4H3,(H,24,28). The Kier molecular flexibility index (Phi) is 5.54. The lowest BCUT2D eigenvalue weighted by Gasteiger charge is -2.42. The number of hydrogen-bond donors (Lipinski definition) is 1. The largest absolute Gasteiger partial charge is 0.330 e. The van der Waals surface area contributed by atoms with Crippen molar-refractivity contribution in [1.82, 2.24) is 4.90 Å². The molecule has 2 amide bonds. The molecule has 1 aliphatic heterocycles. The number of likely N-dealkylation sites (tertiary alicyclic amines) is 1. The average Bonchev–Trinajstić information content (AvgIpc) is 2.63. The van der Waals surface area contributed by atoms with Gasteiger partial charge < -0.3 is 10.2 Å². The third-order valence-corrected chi connectivity index (χ3v) is 5.74. The van der Waals surface area contributed by atoms with Gasteiger partial charge in [0.15, 0.2) is 5.78 Å². The van der Waals surface area contributed by atoms with Crippen molar-refractivity contribution in [1.29, 1.82) is 0 Å². The molecule has 148 valence electrons. The van der Waals surface area contributed by atoms with E-state index in [1.54, 1.807) is 4.90 Å². The van der Waals surface area contributed by atoms with Crippen LogP contribution in [0.25, 0.3) is 0 Å². The lowest BCUT2D eigenvalue weighted by molar-refractivity contribution is -0.144. The maximum absolute atomic E-state index is 13.1. The summed E-state index contributed by atoms with van der Waals surface area (Å²) in [6, 6.07) is 5.36. The lowest BCUT2D eigenvalue weighted by atomic mass is 9.75. The third kappa shape index (κ3) is 3.93. The normalized spacial score (nSPS) is 19.4. The molecular weight excluding hydrogens is 352 g/mol. The Bertz CT molecular complexity index is 830. The van der Waals surface area contributed by atoms with Gasteiger partial charge in [-0.05, 0) is 49.5 Å². The monoisotopic (exact) mass is 380 g/mol. The first-order chi connectivity index (χ1) is 13.2. The second-order valence-electron chi connectivity index (χ2n) is 8.26. The van der Waals surface area contributed by atoms with E-state index in [4.69, 9.17) is 0 Å². The van der Waals surface area contributed by atoms with Crippen LogP contribution in [0.15, 0.2) is 42.5 Å². The number of para-hydroxylation sites is 1. The van der Waals surface area contributed by atoms with Gasteiger partial charge in [-0.2, -0.15) is 0 Å². The maximum Gasteiger partial charge on any atom is 0.247 e. The number of piperidine rings is 1. The molecule has 0 bridgehead atoms. The van der Waals surface area contributed by atoms with Gasteiger partial charge in [0, 0.05) is 24.1 Å². The molecule has 1 aromatic carbocycles. The first kappa shape index (κ1) is 20.1. The Balaban J connectivity index is 1.78. The molecule has 1 spiro atoms. The Hall–Kier alpha value is -2.69. The van der Waals surface area contributed by atoms with Crippen LogP contribution < -0.4 is 5.32 Å². The third-order valence-electron chi connectivity index (χ3n) is 5.74. The second-order valence-corrected chi connectivity index (χ2v) is 8.26. The smallest absolute Gasteiger partial charge is 0.247 e. The molecule has 2 aliphatic rings. The van der Waals surface area contributed by atoms with Gasteiger partial charge in [0.25, 0.3) is 0 Å². The van der Waals surface area contributed by atoms with Crippen LogP contribution in [0.3, 0.4) is 0 Å². The van der Waals surface area contributed by atoms with E-state index in [1.165, 1.54) is 12.2 Å². The fraction of sp³-hybridized carbons (Fsp3) is 0.435. The fourth-order valence-corrected chi connectivity index (χ4v) is 4.12. The van der Waals surface area contributed by atoms with Gasteiger partial charge in [-0.15, -0.1) is 0 Å². The van der Waals surface area contributed by atoms with Crippen LogP contribution in [0.4, 0.5) is 5.69 Å². The number of nitrogens with zero attached hydrogens (tertiary/aromatic N) is 1. The number of benzene rings is 1. The summed E-state index contributed by atoms with van der Waals surface area (Å²) in [5, 5.41) is 3.05. The molecule has 1 atom stereocenters. The summed E-state index contributed by atoms with van der Waals surface area (Å²) in [5.74, 6) is -0.262. The Morgan fingerprint density at radius 2 is 1.71 bits per heavy atom. The molecule has 28 heavy (non-hydrogen) atoms. The molecule has 5 nitrogen and oxygen atoms in total.